The first-order valence-electron chi connectivity index (χ1n) is 5.56. The van der Waals surface area contributed by atoms with E-state index in [9.17, 15) is 4.79 Å². The molecule has 0 aliphatic rings. The van der Waals surface area contributed by atoms with E-state index < -0.39 is 0 Å². The summed E-state index contributed by atoms with van der Waals surface area (Å²) in [6.45, 7) is 4.07. The van der Waals surface area contributed by atoms with Crippen LogP contribution in [-0.4, -0.2) is 5.91 Å². The van der Waals surface area contributed by atoms with Crippen LogP contribution < -0.4 is 5.73 Å². The molecule has 0 fully saturated rings. The summed E-state index contributed by atoms with van der Waals surface area (Å²) >= 11 is 0. The molecule has 2 rings (SSSR count). The summed E-state index contributed by atoms with van der Waals surface area (Å²) in [5.74, 6) is -0.385. The molecule has 0 unspecified atom stereocenters. The third-order valence-electron chi connectivity index (χ3n) is 2.95. The summed E-state index contributed by atoms with van der Waals surface area (Å²) in [7, 11) is 0. The highest BCUT2D eigenvalue weighted by Gasteiger charge is 2.07. The van der Waals surface area contributed by atoms with Gasteiger partial charge in [0.05, 0.1) is 0 Å². The molecule has 2 N–H and O–H groups in total. The minimum absolute atomic E-state index is 0.385. The fourth-order valence-electron chi connectivity index (χ4n) is 1.99. The number of carbonyl (C=O) groups excluding carboxylic acids is 1. The van der Waals surface area contributed by atoms with Gasteiger partial charge in [0.25, 0.3) is 0 Å². The molecular formula is C15H15NO. The van der Waals surface area contributed by atoms with Gasteiger partial charge in [-0.15, -0.1) is 0 Å². The zero-order chi connectivity index (χ0) is 12.4. The van der Waals surface area contributed by atoms with Crippen molar-refractivity contribution in [3.63, 3.8) is 0 Å². The molecule has 0 saturated carbocycles. The standard InChI is InChI=1S/C15H15NO/c1-10-5-3-4-6-13(10)14-8-7-12(15(16)17)9-11(14)2/h3-9H,1-2H3,(H2,16,17). The van der Waals surface area contributed by atoms with Crippen molar-refractivity contribution >= 4 is 5.91 Å². The van der Waals surface area contributed by atoms with E-state index in [4.69, 9.17) is 5.73 Å². The Hall–Kier alpha value is -2.09. The predicted molar refractivity (Wildman–Crippen MR) is 69.9 cm³/mol. The minimum atomic E-state index is -0.385. The zero-order valence-electron chi connectivity index (χ0n) is 10.0. The van der Waals surface area contributed by atoms with E-state index >= 15 is 0 Å². The molecular weight excluding hydrogens is 210 g/mol. The first-order chi connectivity index (χ1) is 8.09. The first-order valence-corrected chi connectivity index (χ1v) is 5.56. The van der Waals surface area contributed by atoms with Crippen molar-refractivity contribution in [2.24, 2.45) is 5.73 Å². The lowest BCUT2D eigenvalue weighted by Crippen LogP contribution is -2.10. The van der Waals surface area contributed by atoms with Gasteiger partial charge in [0.1, 0.15) is 0 Å². The molecule has 0 aliphatic carbocycles. The van der Waals surface area contributed by atoms with Crippen molar-refractivity contribution in [2.75, 3.05) is 0 Å². The molecule has 2 aromatic carbocycles. The van der Waals surface area contributed by atoms with E-state index in [-0.39, 0.29) is 5.91 Å². The molecule has 17 heavy (non-hydrogen) atoms. The topological polar surface area (TPSA) is 43.1 Å². The van der Waals surface area contributed by atoms with Crippen molar-refractivity contribution in [3.05, 3.63) is 59.2 Å². The van der Waals surface area contributed by atoms with Crippen LogP contribution in [0, 0.1) is 13.8 Å². The fraction of sp³-hybridized carbons (Fsp3) is 0.133. The average Bonchev–Trinajstić information content (AvgIpc) is 2.30. The minimum Gasteiger partial charge on any atom is -0.366 e. The van der Waals surface area contributed by atoms with Gasteiger partial charge in [0.15, 0.2) is 0 Å². The molecule has 2 heteroatoms. The van der Waals surface area contributed by atoms with Crippen LogP contribution in [0.25, 0.3) is 11.1 Å². The van der Waals surface area contributed by atoms with E-state index in [0.717, 1.165) is 11.1 Å². The molecule has 0 radical (unpaired) electrons. The Morgan fingerprint density at radius 3 is 2.18 bits per heavy atom. The van der Waals surface area contributed by atoms with E-state index in [1.165, 1.54) is 11.1 Å². The van der Waals surface area contributed by atoms with Crippen LogP contribution in [0.1, 0.15) is 21.5 Å². The fourth-order valence-corrected chi connectivity index (χ4v) is 1.99. The quantitative estimate of drug-likeness (QED) is 0.838. The van der Waals surface area contributed by atoms with Crippen LogP contribution in [-0.2, 0) is 0 Å². The van der Waals surface area contributed by atoms with Crippen LogP contribution in [0.15, 0.2) is 42.5 Å². The summed E-state index contributed by atoms with van der Waals surface area (Å²) in [6.07, 6.45) is 0. The number of rotatable bonds is 2. The van der Waals surface area contributed by atoms with Crippen molar-refractivity contribution < 1.29 is 4.79 Å². The van der Waals surface area contributed by atoms with Gasteiger partial charge in [0.2, 0.25) is 5.91 Å². The Bertz CT molecular complexity index is 573. The zero-order valence-corrected chi connectivity index (χ0v) is 10.0. The number of hydrogen-bond acceptors (Lipinski definition) is 1. The summed E-state index contributed by atoms with van der Waals surface area (Å²) in [5.41, 5.74) is 10.4. The first kappa shape index (κ1) is 11.4. The van der Waals surface area contributed by atoms with Crippen molar-refractivity contribution in [1.82, 2.24) is 0 Å². The van der Waals surface area contributed by atoms with Gasteiger partial charge in [-0.05, 0) is 48.2 Å². The Balaban J connectivity index is 2.55. The van der Waals surface area contributed by atoms with Crippen molar-refractivity contribution in [1.29, 1.82) is 0 Å². The second-order valence-electron chi connectivity index (χ2n) is 4.21. The predicted octanol–water partition coefficient (Wildman–Crippen LogP) is 3.07. The van der Waals surface area contributed by atoms with E-state index in [1.807, 2.05) is 31.2 Å². The normalized spacial score (nSPS) is 10.2. The highest BCUT2D eigenvalue weighted by Crippen LogP contribution is 2.26. The molecule has 0 saturated heterocycles. The van der Waals surface area contributed by atoms with Gasteiger partial charge < -0.3 is 5.73 Å². The van der Waals surface area contributed by atoms with E-state index in [1.54, 1.807) is 6.07 Å². The molecule has 86 valence electrons. The Morgan fingerprint density at radius 1 is 0.941 bits per heavy atom. The van der Waals surface area contributed by atoms with E-state index in [2.05, 4.69) is 19.1 Å². The van der Waals surface area contributed by atoms with E-state index in [0.29, 0.717) is 5.56 Å². The van der Waals surface area contributed by atoms with Crippen molar-refractivity contribution in [3.8, 4) is 11.1 Å². The summed E-state index contributed by atoms with van der Waals surface area (Å²) in [5, 5.41) is 0. The number of benzene rings is 2. The number of carbonyl (C=O) groups is 1. The summed E-state index contributed by atoms with van der Waals surface area (Å²) in [6, 6.07) is 13.8. The SMILES string of the molecule is Cc1ccccc1-c1ccc(C(N)=O)cc1C. The third-order valence-corrected chi connectivity index (χ3v) is 2.95. The van der Waals surface area contributed by atoms with Crippen LogP contribution in [0.4, 0.5) is 0 Å². The van der Waals surface area contributed by atoms with Gasteiger partial charge in [-0.1, -0.05) is 30.3 Å². The number of primary amides is 1. The largest absolute Gasteiger partial charge is 0.366 e. The molecule has 0 heterocycles. The van der Waals surface area contributed by atoms with Gasteiger partial charge >= 0.3 is 0 Å². The molecule has 0 aromatic heterocycles. The molecule has 0 atom stereocenters. The van der Waals surface area contributed by atoms with Crippen LogP contribution >= 0.6 is 0 Å². The van der Waals surface area contributed by atoms with Gasteiger partial charge in [-0.25, -0.2) is 0 Å². The molecule has 0 bridgehead atoms. The third kappa shape index (κ3) is 2.21. The molecule has 1 amide bonds. The maximum Gasteiger partial charge on any atom is 0.248 e. The Morgan fingerprint density at radius 2 is 1.59 bits per heavy atom. The Kier molecular flexibility index (Phi) is 2.96. The second kappa shape index (κ2) is 4.42. The summed E-state index contributed by atoms with van der Waals surface area (Å²) < 4.78 is 0. The maximum atomic E-state index is 11.1. The van der Waals surface area contributed by atoms with Gasteiger partial charge in [-0.2, -0.15) is 0 Å². The lowest BCUT2D eigenvalue weighted by atomic mass is 9.95. The van der Waals surface area contributed by atoms with Crippen LogP contribution in [0.3, 0.4) is 0 Å². The van der Waals surface area contributed by atoms with Crippen molar-refractivity contribution in [2.45, 2.75) is 13.8 Å². The van der Waals surface area contributed by atoms with Gasteiger partial charge in [0, 0.05) is 5.56 Å². The lowest BCUT2D eigenvalue weighted by molar-refractivity contribution is 0.1000. The summed E-state index contributed by atoms with van der Waals surface area (Å²) in [4.78, 5) is 11.1. The highest BCUT2D eigenvalue weighted by atomic mass is 16.1. The molecule has 0 aliphatic heterocycles. The average molecular weight is 225 g/mol. The molecule has 2 aromatic rings. The molecule has 0 spiro atoms. The van der Waals surface area contributed by atoms with Gasteiger partial charge in [-0.3, -0.25) is 4.79 Å². The van der Waals surface area contributed by atoms with Crippen LogP contribution in [0.2, 0.25) is 0 Å². The smallest absolute Gasteiger partial charge is 0.248 e. The molecule has 2 nitrogen and oxygen atoms in total. The second-order valence-corrected chi connectivity index (χ2v) is 4.21. The lowest BCUT2D eigenvalue weighted by Gasteiger charge is -2.10. The highest BCUT2D eigenvalue weighted by molar-refractivity contribution is 5.93. The number of aryl methyl sites for hydroxylation is 2. The number of hydrogen-bond donors (Lipinski definition) is 1. The van der Waals surface area contributed by atoms with Crippen LogP contribution in [0.5, 0.6) is 0 Å². The Labute approximate surface area is 101 Å². The number of amides is 1. The number of nitrogens with two attached hydrogens (primary N) is 1. The monoisotopic (exact) mass is 225 g/mol. The maximum absolute atomic E-state index is 11.1.